The molecule has 2 atom stereocenters. The summed E-state index contributed by atoms with van der Waals surface area (Å²) in [5, 5.41) is 2.74. The molecule has 12 heavy (non-hydrogen) atoms. The van der Waals surface area contributed by atoms with Crippen molar-refractivity contribution in [1.29, 1.82) is 0 Å². The van der Waals surface area contributed by atoms with Gasteiger partial charge in [0.25, 0.3) is 0 Å². The molecule has 1 nitrogen and oxygen atoms in total. The van der Waals surface area contributed by atoms with E-state index in [2.05, 4.69) is 5.32 Å². The van der Waals surface area contributed by atoms with Gasteiger partial charge in [0.2, 0.25) is 0 Å². The predicted octanol–water partition coefficient (Wildman–Crippen LogP) is 2.33. The fraction of sp³-hybridized carbons (Fsp3) is 1.00. The van der Waals surface area contributed by atoms with E-state index >= 15 is 0 Å². The Balaban J connectivity index is 2.59. The van der Waals surface area contributed by atoms with E-state index in [9.17, 15) is 13.2 Å². The second kappa shape index (κ2) is 3.64. The third-order valence-corrected chi connectivity index (χ3v) is 2.56. The lowest BCUT2D eigenvalue weighted by molar-refractivity contribution is -0.188. The fourth-order valence-electron chi connectivity index (χ4n) is 1.87. The first-order chi connectivity index (χ1) is 5.55. The van der Waals surface area contributed by atoms with E-state index in [0.29, 0.717) is 12.8 Å². The topological polar surface area (TPSA) is 12.0 Å². The van der Waals surface area contributed by atoms with Crippen molar-refractivity contribution in [2.45, 2.75) is 37.9 Å². The summed E-state index contributed by atoms with van der Waals surface area (Å²) in [4.78, 5) is 0. The van der Waals surface area contributed by atoms with Gasteiger partial charge in [-0.3, -0.25) is 0 Å². The molecule has 0 unspecified atom stereocenters. The molecule has 4 heteroatoms. The van der Waals surface area contributed by atoms with Crippen molar-refractivity contribution in [3.63, 3.8) is 0 Å². The lowest BCUT2D eigenvalue weighted by Gasteiger charge is -2.32. The standard InChI is InChI=1S/C8H14F3N/c1-12-7-5-3-2-4-6(7)8(9,10)11/h6-7,12H,2-5H2,1H3/t6-,7-/m0/s1. The number of hydrogen-bond acceptors (Lipinski definition) is 1. The molecule has 0 aromatic rings. The number of halogens is 3. The number of nitrogens with one attached hydrogen (secondary N) is 1. The Kier molecular flexibility index (Phi) is 2.99. The summed E-state index contributed by atoms with van der Waals surface area (Å²) in [6.07, 6.45) is -1.45. The van der Waals surface area contributed by atoms with Crippen molar-refractivity contribution in [3.8, 4) is 0 Å². The van der Waals surface area contributed by atoms with E-state index < -0.39 is 12.1 Å². The van der Waals surface area contributed by atoms with Crippen molar-refractivity contribution >= 4 is 0 Å². The summed E-state index contributed by atoms with van der Waals surface area (Å²) in [5.41, 5.74) is 0. The molecule has 1 aliphatic carbocycles. The minimum absolute atomic E-state index is 0.287. The van der Waals surface area contributed by atoms with Gasteiger partial charge in [-0.05, 0) is 19.9 Å². The summed E-state index contributed by atoms with van der Waals surface area (Å²) in [5.74, 6) is -1.13. The van der Waals surface area contributed by atoms with Gasteiger partial charge in [0.15, 0.2) is 0 Å². The molecule has 1 N–H and O–H groups in total. The van der Waals surface area contributed by atoms with Gasteiger partial charge in [-0.2, -0.15) is 13.2 Å². The summed E-state index contributed by atoms with van der Waals surface area (Å²) in [6.45, 7) is 0. The summed E-state index contributed by atoms with van der Waals surface area (Å²) < 4.78 is 37.0. The number of hydrogen-bond donors (Lipinski definition) is 1. The zero-order valence-electron chi connectivity index (χ0n) is 7.12. The van der Waals surface area contributed by atoms with Crippen LogP contribution in [-0.2, 0) is 0 Å². The minimum Gasteiger partial charge on any atom is -0.316 e. The molecule has 0 aliphatic heterocycles. The van der Waals surface area contributed by atoms with Crippen LogP contribution >= 0.6 is 0 Å². The van der Waals surface area contributed by atoms with E-state index in [-0.39, 0.29) is 12.5 Å². The van der Waals surface area contributed by atoms with Gasteiger partial charge in [-0.25, -0.2) is 0 Å². The van der Waals surface area contributed by atoms with E-state index in [0.717, 1.165) is 6.42 Å². The van der Waals surface area contributed by atoms with Crippen molar-refractivity contribution in [3.05, 3.63) is 0 Å². The molecule has 0 amide bonds. The quantitative estimate of drug-likeness (QED) is 0.654. The number of alkyl halides is 3. The highest BCUT2D eigenvalue weighted by Gasteiger charge is 2.44. The minimum atomic E-state index is -4.02. The van der Waals surface area contributed by atoms with Crippen molar-refractivity contribution in [1.82, 2.24) is 5.32 Å². The maximum atomic E-state index is 12.3. The zero-order valence-corrected chi connectivity index (χ0v) is 7.12. The van der Waals surface area contributed by atoms with Crippen LogP contribution in [0.1, 0.15) is 25.7 Å². The van der Waals surface area contributed by atoms with Crippen molar-refractivity contribution in [2.75, 3.05) is 7.05 Å². The Morgan fingerprint density at radius 1 is 1.17 bits per heavy atom. The largest absolute Gasteiger partial charge is 0.393 e. The molecule has 0 aromatic carbocycles. The van der Waals surface area contributed by atoms with Crippen LogP contribution in [0.5, 0.6) is 0 Å². The third kappa shape index (κ3) is 2.12. The van der Waals surface area contributed by atoms with Crippen LogP contribution in [0.4, 0.5) is 13.2 Å². The molecule has 0 spiro atoms. The highest BCUT2D eigenvalue weighted by molar-refractivity contribution is 4.84. The third-order valence-electron chi connectivity index (χ3n) is 2.56. The van der Waals surface area contributed by atoms with Gasteiger partial charge < -0.3 is 5.32 Å². The zero-order chi connectivity index (χ0) is 9.19. The van der Waals surface area contributed by atoms with Crippen molar-refractivity contribution < 1.29 is 13.2 Å². The first-order valence-corrected chi connectivity index (χ1v) is 4.29. The molecule has 0 heterocycles. The van der Waals surface area contributed by atoms with Crippen molar-refractivity contribution in [2.24, 2.45) is 5.92 Å². The summed E-state index contributed by atoms with van der Waals surface area (Å²) >= 11 is 0. The SMILES string of the molecule is CN[C@H]1CCCC[C@@H]1C(F)(F)F. The Labute approximate surface area is 70.3 Å². The van der Waals surface area contributed by atoms with Crippen LogP contribution in [0.3, 0.4) is 0 Å². The van der Waals surface area contributed by atoms with E-state index in [1.54, 1.807) is 7.05 Å². The smallest absolute Gasteiger partial charge is 0.316 e. The molecular weight excluding hydrogens is 167 g/mol. The van der Waals surface area contributed by atoms with Gasteiger partial charge in [0.1, 0.15) is 0 Å². The van der Waals surface area contributed by atoms with Crippen LogP contribution < -0.4 is 5.32 Å². The second-order valence-corrected chi connectivity index (χ2v) is 3.33. The first-order valence-electron chi connectivity index (χ1n) is 4.29. The molecule has 1 rings (SSSR count). The van der Waals surface area contributed by atoms with E-state index in [1.165, 1.54) is 0 Å². The lowest BCUT2D eigenvalue weighted by Crippen LogP contribution is -2.43. The van der Waals surface area contributed by atoms with Crippen LogP contribution in [0, 0.1) is 5.92 Å². The van der Waals surface area contributed by atoms with Gasteiger partial charge in [-0.1, -0.05) is 12.8 Å². The molecule has 0 aromatic heterocycles. The summed E-state index contributed by atoms with van der Waals surface area (Å²) in [7, 11) is 1.61. The molecule has 0 radical (unpaired) electrons. The van der Waals surface area contributed by atoms with Gasteiger partial charge in [0, 0.05) is 6.04 Å². The highest BCUT2D eigenvalue weighted by atomic mass is 19.4. The van der Waals surface area contributed by atoms with Crippen LogP contribution in [-0.4, -0.2) is 19.3 Å². The molecular formula is C8H14F3N. The molecule has 0 saturated heterocycles. The van der Waals surface area contributed by atoms with Gasteiger partial charge >= 0.3 is 6.18 Å². The molecule has 72 valence electrons. The number of rotatable bonds is 1. The second-order valence-electron chi connectivity index (χ2n) is 3.33. The Morgan fingerprint density at radius 2 is 1.75 bits per heavy atom. The monoisotopic (exact) mass is 181 g/mol. The van der Waals surface area contributed by atoms with Gasteiger partial charge in [0.05, 0.1) is 5.92 Å². The lowest BCUT2D eigenvalue weighted by atomic mass is 9.84. The Bertz CT molecular complexity index is 144. The Morgan fingerprint density at radius 3 is 2.17 bits per heavy atom. The molecule has 1 saturated carbocycles. The fourth-order valence-corrected chi connectivity index (χ4v) is 1.87. The predicted molar refractivity (Wildman–Crippen MR) is 40.9 cm³/mol. The maximum Gasteiger partial charge on any atom is 0.393 e. The molecule has 1 fully saturated rings. The molecule has 1 aliphatic rings. The first kappa shape index (κ1) is 9.84. The van der Waals surface area contributed by atoms with E-state index in [1.807, 2.05) is 0 Å². The summed E-state index contributed by atoms with van der Waals surface area (Å²) in [6, 6.07) is -0.362. The maximum absolute atomic E-state index is 12.3. The van der Waals surface area contributed by atoms with Gasteiger partial charge in [-0.15, -0.1) is 0 Å². The normalized spacial score (nSPS) is 32.0. The van der Waals surface area contributed by atoms with Crippen LogP contribution in [0.2, 0.25) is 0 Å². The average molecular weight is 181 g/mol. The van der Waals surface area contributed by atoms with Crippen LogP contribution in [0.25, 0.3) is 0 Å². The van der Waals surface area contributed by atoms with Crippen LogP contribution in [0.15, 0.2) is 0 Å². The Hall–Kier alpha value is -0.250. The average Bonchev–Trinajstić information content (AvgIpc) is 2.03. The van der Waals surface area contributed by atoms with E-state index in [4.69, 9.17) is 0 Å². The highest BCUT2D eigenvalue weighted by Crippen LogP contribution is 2.37. The molecule has 0 bridgehead atoms.